The average molecular weight is 375 g/mol. The number of carbonyl (C=O) groups excluding carboxylic acids is 1. The van der Waals surface area contributed by atoms with Gasteiger partial charge in [0, 0.05) is 9.35 Å². The quantitative estimate of drug-likeness (QED) is 0.835. The number of anilines is 1. The summed E-state index contributed by atoms with van der Waals surface area (Å²) in [5, 5.41) is 12.3. The van der Waals surface area contributed by atoms with Crippen molar-refractivity contribution in [1.82, 2.24) is 0 Å². The molecule has 1 aromatic carbocycles. The molecule has 2 rings (SSSR count). The normalized spacial score (nSPS) is 10.3. The molecule has 20 heavy (non-hydrogen) atoms. The lowest BCUT2D eigenvalue weighted by atomic mass is 10.2. The van der Waals surface area contributed by atoms with Gasteiger partial charge in [-0.25, -0.2) is 4.79 Å². The van der Waals surface area contributed by atoms with E-state index >= 15 is 0 Å². The molecule has 1 aromatic heterocycles. The molecule has 0 saturated carbocycles. The van der Waals surface area contributed by atoms with E-state index in [1.165, 1.54) is 17.4 Å². The van der Waals surface area contributed by atoms with E-state index in [-0.39, 0.29) is 16.1 Å². The topological polar surface area (TPSA) is 66.4 Å². The van der Waals surface area contributed by atoms with Gasteiger partial charge in [-0.3, -0.25) is 4.79 Å². The van der Waals surface area contributed by atoms with Gasteiger partial charge < -0.3 is 10.4 Å². The van der Waals surface area contributed by atoms with Crippen molar-refractivity contribution in [2.75, 3.05) is 5.32 Å². The third-order valence-electron chi connectivity index (χ3n) is 2.51. The van der Waals surface area contributed by atoms with Crippen molar-refractivity contribution in [2.24, 2.45) is 0 Å². The molecular weight excluding hydrogens is 366 g/mol. The zero-order valence-corrected chi connectivity index (χ0v) is 13.4. The lowest BCUT2D eigenvalue weighted by molar-refractivity contribution is 0.0698. The van der Waals surface area contributed by atoms with Crippen molar-refractivity contribution in [3.63, 3.8) is 0 Å². The van der Waals surface area contributed by atoms with Gasteiger partial charge in [-0.1, -0.05) is 17.7 Å². The second-order valence-corrected chi connectivity index (χ2v) is 6.45. The molecule has 104 valence electrons. The zero-order valence-electron chi connectivity index (χ0n) is 10.2. The van der Waals surface area contributed by atoms with E-state index in [0.29, 0.717) is 9.47 Å². The standard InChI is InChI=1S/C13H9BrClNO3S/c1-6-5-8(13(18)19)12(20-6)16-11(17)7-3-2-4-9(14)10(7)15/h2-5H,1H3,(H,16,17)(H,18,19). The minimum Gasteiger partial charge on any atom is -0.478 e. The molecule has 1 heterocycles. The minimum atomic E-state index is -1.08. The molecule has 2 N–H and O–H groups in total. The maximum Gasteiger partial charge on any atom is 0.338 e. The molecule has 7 heteroatoms. The molecule has 1 amide bonds. The number of amides is 1. The monoisotopic (exact) mass is 373 g/mol. The lowest BCUT2D eigenvalue weighted by Crippen LogP contribution is -2.13. The number of hydrogen-bond donors (Lipinski definition) is 2. The summed E-state index contributed by atoms with van der Waals surface area (Å²) < 4.78 is 0.604. The van der Waals surface area contributed by atoms with Crippen molar-refractivity contribution < 1.29 is 14.7 Å². The van der Waals surface area contributed by atoms with Gasteiger partial charge in [-0.2, -0.15) is 0 Å². The number of aromatic carboxylic acids is 1. The van der Waals surface area contributed by atoms with E-state index in [2.05, 4.69) is 21.2 Å². The Bertz CT molecular complexity index is 699. The van der Waals surface area contributed by atoms with Crippen LogP contribution < -0.4 is 5.32 Å². The van der Waals surface area contributed by atoms with Crippen LogP contribution in [0.1, 0.15) is 25.6 Å². The second kappa shape index (κ2) is 5.95. The van der Waals surface area contributed by atoms with Gasteiger partial charge >= 0.3 is 5.97 Å². The van der Waals surface area contributed by atoms with Crippen molar-refractivity contribution >= 4 is 55.7 Å². The highest BCUT2D eigenvalue weighted by Gasteiger charge is 2.18. The van der Waals surface area contributed by atoms with E-state index in [1.807, 2.05) is 0 Å². The Morgan fingerprint density at radius 2 is 2.05 bits per heavy atom. The van der Waals surface area contributed by atoms with Crippen molar-refractivity contribution in [1.29, 1.82) is 0 Å². The van der Waals surface area contributed by atoms with Crippen LogP contribution in [-0.2, 0) is 0 Å². The summed E-state index contributed by atoms with van der Waals surface area (Å²) in [6.07, 6.45) is 0. The van der Waals surface area contributed by atoms with Crippen LogP contribution >= 0.6 is 38.9 Å². The summed E-state index contributed by atoms with van der Waals surface area (Å²) in [4.78, 5) is 24.1. The van der Waals surface area contributed by atoms with Gasteiger partial charge in [-0.05, 0) is 41.1 Å². The molecule has 0 fully saturated rings. The summed E-state index contributed by atoms with van der Waals surface area (Å²) in [6.45, 7) is 1.78. The fourth-order valence-electron chi connectivity index (χ4n) is 1.62. The Labute approximate surface area is 132 Å². The maximum absolute atomic E-state index is 12.2. The number of carboxylic acids is 1. The number of thiophene rings is 1. The molecule has 2 aromatic rings. The highest BCUT2D eigenvalue weighted by Crippen LogP contribution is 2.30. The van der Waals surface area contributed by atoms with Crippen LogP contribution in [0.5, 0.6) is 0 Å². The van der Waals surface area contributed by atoms with Crippen LogP contribution in [0.4, 0.5) is 5.00 Å². The maximum atomic E-state index is 12.2. The Hall–Kier alpha value is -1.37. The molecule has 0 aliphatic heterocycles. The molecular formula is C13H9BrClNO3S. The van der Waals surface area contributed by atoms with Gasteiger partial charge in [0.25, 0.3) is 5.91 Å². The number of benzene rings is 1. The summed E-state index contributed by atoms with van der Waals surface area (Å²) in [7, 11) is 0. The molecule has 0 bridgehead atoms. The number of carboxylic acid groups (broad SMARTS) is 1. The molecule has 4 nitrogen and oxygen atoms in total. The van der Waals surface area contributed by atoms with E-state index in [1.54, 1.807) is 25.1 Å². The van der Waals surface area contributed by atoms with Gasteiger partial charge in [0.15, 0.2) is 0 Å². The van der Waals surface area contributed by atoms with Crippen molar-refractivity contribution in [2.45, 2.75) is 6.92 Å². The number of rotatable bonds is 3. The van der Waals surface area contributed by atoms with Crippen LogP contribution in [0.15, 0.2) is 28.7 Å². The Morgan fingerprint density at radius 1 is 1.35 bits per heavy atom. The van der Waals surface area contributed by atoms with Crippen LogP contribution in [0.3, 0.4) is 0 Å². The average Bonchev–Trinajstić information content (AvgIpc) is 2.73. The van der Waals surface area contributed by atoms with E-state index in [9.17, 15) is 9.59 Å². The molecule has 0 aliphatic rings. The highest BCUT2D eigenvalue weighted by molar-refractivity contribution is 9.10. The second-order valence-electron chi connectivity index (χ2n) is 3.96. The molecule has 0 saturated heterocycles. The van der Waals surface area contributed by atoms with Crippen LogP contribution in [0.2, 0.25) is 5.02 Å². The predicted molar refractivity (Wildman–Crippen MR) is 83.1 cm³/mol. The van der Waals surface area contributed by atoms with Gasteiger partial charge in [0.1, 0.15) is 5.00 Å². The predicted octanol–water partition coefficient (Wildman–Crippen LogP) is 4.42. The first-order chi connectivity index (χ1) is 9.40. The zero-order chi connectivity index (χ0) is 14.9. The first kappa shape index (κ1) is 15.0. The number of aryl methyl sites for hydroxylation is 1. The lowest BCUT2D eigenvalue weighted by Gasteiger charge is -2.07. The summed E-state index contributed by atoms with van der Waals surface area (Å²) >= 11 is 10.5. The number of hydrogen-bond acceptors (Lipinski definition) is 3. The molecule has 0 radical (unpaired) electrons. The smallest absolute Gasteiger partial charge is 0.338 e. The largest absolute Gasteiger partial charge is 0.478 e. The number of carbonyl (C=O) groups is 2. The summed E-state index contributed by atoms with van der Waals surface area (Å²) in [6, 6.07) is 6.49. The minimum absolute atomic E-state index is 0.0759. The fourth-order valence-corrected chi connectivity index (χ4v) is 3.09. The molecule has 0 unspecified atom stereocenters. The van der Waals surface area contributed by atoms with E-state index in [4.69, 9.17) is 16.7 Å². The van der Waals surface area contributed by atoms with E-state index in [0.717, 1.165) is 4.88 Å². The summed E-state index contributed by atoms with van der Waals surface area (Å²) in [5.41, 5.74) is 0.357. The molecule has 0 atom stereocenters. The Morgan fingerprint density at radius 3 is 2.70 bits per heavy atom. The Kier molecular flexibility index (Phi) is 4.47. The molecule has 0 spiro atoms. The fraction of sp³-hybridized carbons (Fsp3) is 0.0769. The van der Waals surface area contributed by atoms with Crippen LogP contribution in [0.25, 0.3) is 0 Å². The van der Waals surface area contributed by atoms with E-state index < -0.39 is 11.9 Å². The van der Waals surface area contributed by atoms with Crippen LogP contribution in [-0.4, -0.2) is 17.0 Å². The summed E-state index contributed by atoms with van der Waals surface area (Å²) in [5.74, 6) is -1.52. The van der Waals surface area contributed by atoms with Gasteiger partial charge in [0.05, 0.1) is 16.1 Å². The SMILES string of the molecule is Cc1cc(C(=O)O)c(NC(=O)c2cccc(Br)c2Cl)s1. The Balaban J connectivity index is 2.33. The third-order valence-corrected chi connectivity index (χ3v) is 4.77. The third kappa shape index (κ3) is 3.03. The van der Waals surface area contributed by atoms with Gasteiger partial charge in [-0.15, -0.1) is 11.3 Å². The van der Waals surface area contributed by atoms with Crippen molar-refractivity contribution in [3.05, 3.63) is 49.8 Å². The first-order valence-electron chi connectivity index (χ1n) is 5.49. The van der Waals surface area contributed by atoms with Crippen LogP contribution in [0, 0.1) is 6.92 Å². The number of nitrogens with one attached hydrogen (secondary N) is 1. The van der Waals surface area contributed by atoms with Crippen molar-refractivity contribution in [3.8, 4) is 0 Å². The molecule has 0 aliphatic carbocycles. The van der Waals surface area contributed by atoms with Gasteiger partial charge in [0.2, 0.25) is 0 Å². The highest BCUT2D eigenvalue weighted by atomic mass is 79.9. The number of halogens is 2. The first-order valence-corrected chi connectivity index (χ1v) is 7.48.